The van der Waals surface area contributed by atoms with Crippen molar-refractivity contribution in [1.82, 2.24) is 0 Å². The van der Waals surface area contributed by atoms with Crippen molar-refractivity contribution in [2.75, 3.05) is 7.11 Å². The fraction of sp³-hybridized carbons (Fsp3) is 0.417. The van der Waals surface area contributed by atoms with E-state index in [1.54, 1.807) is 19.2 Å². The van der Waals surface area contributed by atoms with E-state index >= 15 is 0 Å². The van der Waals surface area contributed by atoms with E-state index in [0.29, 0.717) is 26.9 Å². The number of carboxylic acids is 1. The van der Waals surface area contributed by atoms with Gasteiger partial charge in [0, 0.05) is 0 Å². The summed E-state index contributed by atoms with van der Waals surface area (Å²) >= 11 is 6.67. The van der Waals surface area contributed by atoms with Gasteiger partial charge in [-0.2, -0.15) is 0 Å². The summed E-state index contributed by atoms with van der Waals surface area (Å²) in [6.07, 6.45) is 0.365. The zero-order valence-electron chi connectivity index (χ0n) is 10.1. The number of ether oxygens (including phenoxy) is 2. The van der Waals surface area contributed by atoms with Gasteiger partial charge in [0.1, 0.15) is 11.5 Å². The fourth-order valence-electron chi connectivity index (χ4n) is 1.41. The highest BCUT2D eigenvalue weighted by Crippen LogP contribution is 2.36. The van der Waals surface area contributed by atoms with Crippen LogP contribution in [0.15, 0.2) is 21.1 Å². The molecule has 4 nitrogen and oxygen atoms in total. The molecule has 100 valence electrons. The molecule has 0 radical (unpaired) electrons. The van der Waals surface area contributed by atoms with Crippen molar-refractivity contribution in [2.45, 2.75) is 25.9 Å². The van der Waals surface area contributed by atoms with E-state index in [2.05, 4.69) is 31.9 Å². The van der Waals surface area contributed by atoms with E-state index in [4.69, 9.17) is 14.6 Å². The van der Waals surface area contributed by atoms with Gasteiger partial charge < -0.3 is 14.6 Å². The van der Waals surface area contributed by atoms with Crippen LogP contribution in [-0.4, -0.2) is 24.3 Å². The third-order valence-corrected chi connectivity index (χ3v) is 3.54. The maximum absolute atomic E-state index is 11.0. The minimum absolute atomic E-state index is 0.464. The van der Waals surface area contributed by atoms with E-state index in [1.807, 2.05) is 6.92 Å². The number of hydrogen-bond donors (Lipinski definition) is 1. The first-order valence-electron chi connectivity index (χ1n) is 5.42. The Morgan fingerprint density at radius 3 is 2.39 bits per heavy atom. The largest absolute Gasteiger partial charge is 0.496 e. The molecular formula is C12H14Br2O4. The van der Waals surface area contributed by atoms with Crippen molar-refractivity contribution in [3.63, 3.8) is 0 Å². The molecule has 0 aromatic heterocycles. The van der Waals surface area contributed by atoms with Crippen LogP contribution in [0, 0.1) is 0 Å². The Hall–Kier alpha value is -0.750. The van der Waals surface area contributed by atoms with Crippen LogP contribution in [0.5, 0.6) is 11.5 Å². The summed E-state index contributed by atoms with van der Waals surface area (Å²) in [4.78, 5) is 11.0. The molecule has 0 aliphatic carbocycles. The van der Waals surface area contributed by atoms with Crippen molar-refractivity contribution in [1.29, 1.82) is 0 Å². The van der Waals surface area contributed by atoms with Crippen LogP contribution in [-0.2, 0) is 4.79 Å². The molecule has 18 heavy (non-hydrogen) atoms. The van der Waals surface area contributed by atoms with Crippen LogP contribution in [0.4, 0.5) is 0 Å². The monoisotopic (exact) mass is 380 g/mol. The maximum atomic E-state index is 11.0. The highest BCUT2D eigenvalue weighted by atomic mass is 79.9. The van der Waals surface area contributed by atoms with Crippen molar-refractivity contribution < 1.29 is 19.4 Å². The van der Waals surface area contributed by atoms with E-state index < -0.39 is 12.1 Å². The topological polar surface area (TPSA) is 55.8 Å². The second-order valence-corrected chi connectivity index (χ2v) is 5.36. The quantitative estimate of drug-likeness (QED) is 0.812. The lowest BCUT2D eigenvalue weighted by Gasteiger charge is -2.16. The Balaban J connectivity index is 2.96. The molecule has 0 aliphatic rings. The smallest absolute Gasteiger partial charge is 0.344 e. The summed E-state index contributed by atoms with van der Waals surface area (Å²) in [6.45, 7) is 1.91. The van der Waals surface area contributed by atoms with Gasteiger partial charge in [0.05, 0.1) is 16.1 Å². The SMILES string of the molecule is CCCC(Oc1cc(Br)c(OC)cc1Br)C(=O)O. The number of halogens is 2. The molecule has 0 spiro atoms. The summed E-state index contributed by atoms with van der Waals surface area (Å²) in [7, 11) is 1.56. The summed E-state index contributed by atoms with van der Waals surface area (Å²) in [5.74, 6) is 0.163. The Kier molecular flexibility index (Phi) is 5.95. The normalized spacial score (nSPS) is 12.0. The van der Waals surface area contributed by atoms with Crippen LogP contribution < -0.4 is 9.47 Å². The number of carboxylic acid groups (broad SMARTS) is 1. The molecule has 1 N–H and O–H groups in total. The van der Waals surface area contributed by atoms with Crippen LogP contribution in [0.2, 0.25) is 0 Å². The molecule has 6 heteroatoms. The number of rotatable bonds is 6. The first-order valence-corrected chi connectivity index (χ1v) is 7.00. The molecule has 0 bridgehead atoms. The summed E-state index contributed by atoms with van der Waals surface area (Å²) in [5.41, 5.74) is 0. The van der Waals surface area contributed by atoms with Gasteiger partial charge in [0.2, 0.25) is 0 Å². The molecule has 0 fully saturated rings. The zero-order valence-corrected chi connectivity index (χ0v) is 13.2. The van der Waals surface area contributed by atoms with Gasteiger partial charge in [-0.1, -0.05) is 13.3 Å². The van der Waals surface area contributed by atoms with E-state index in [-0.39, 0.29) is 0 Å². The molecule has 0 aliphatic heterocycles. The second kappa shape index (κ2) is 6.99. The van der Waals surface area contributed by atoms with Crippen molar-refractivity contribution >= 4 is 37.8 Å². The number of carbonyl (C=O) groups is 1. The lowest BCUT2D eigenvalue weighted by atomic mass is 10.2. The van der Waals surface area contributed by atoms with Gasteiger partial charge in [0.15, 0.2) is 6.10 Å². The van der Waals surface area contributed by atoms with Crippen LogP contribution >= 0.6 is 31.9 Å². The minimum Gasteiger partial charge on any atom is -0.496 e. The number of hydrogen-bond acceptors (Lipinski definition) is 3. The number of benzene rings is 1. The maximum Gasteiger partial charge on any atom is 0.344 e. The molecule has 1 atom stereocenters. The zero-order chi connectivity index (χ0) is 13.7. The summed E-state index contributed by atoms with van der Waals surface area (Å²) in [6, 6.07) is 3.42. The standard InChI is InChI=1S/C12H14Br2O4/c1-3-4-9(12(15)16)18-11-6-7(13)10(17-2)5-8(11)14/h5-6,9H,3-4H2,1-2H3,(H,15,16). The fourth-order valence-corrected chi connectivity index (χ4v) is 2.31. The average molecular weight is 382 g/mol. The molecule has 0 heterocycles. The van der Waals surface area contributed by atoms with Gasteiger partial charge in [-0.15, -0.1) is 0 Å². The van der Waals surface area contributed by atoms with Crippen molar-refractivity contribution in [3.05, 3.63) is 21.1 Å². The Morgan fingerprint density at radius 1 is 1.33 bits per heavy atom. The molecule has 1 unspecified atom stereocenters. The third-order valence-electron chi connectivity index (χ3n) is 2.30. The Labute approximate surface area is 123 Å². The van der Waals surface area contributed by atoms with Gasteiger partial charge in [-0.05, 0) is 50.4 Å². The van der Waals surface area contributed by atoms with Crippen molar-refractivity contribution in [2.24, 2.45) is 0 Å². The van der Waals surface area contributed by atoms with Crippen molar-refractivity contribution in [3.8, 4) is 11.5 Å². The first kappa shape index (κ1) is 15.3. The molecule has 0 saturated heterocycles. The highest BCUT2D eigenvalue weighted by Gasteiger charge is 2.20. The Bertz CT molecular complexity index is 434. The number of aliphatic carboxylic acids is 1. The molecule has 0 amide bonds. The summed E-state index contributed by atoms with van der Waals surface area (Å²) < 4.78 is 12.0. The highest BCUT2D eigenvalue weighted by molar-refractivity contribution is 9.11. The molecular weight excluding hydrogens is 368 g/mol. The lowest BCUT2D eigenvalue weighted by molar-refractivity contribution is -0.145. The van der Waals surface area contributed by atoms with Crippen LogP contribution in [0.25, 0.3) is 0 Å². The first-order chi connectivity index (χ1) is 8.49. The average Bonchev–Trinajstić information content (AvgIpc) is 2.32. The van der Waals surface area contributed by atoms with Gasteiger partial charge in [-0.3, -0.25) is 0 Å². The summed E-state index contributed by atoms with van der Waals surface area (Å²) in [5, 5.41) is 9.05. The van der Waals surface area contributed by atoms with Crippen LogP contribution in [0.1, 0.15) is 19.8 Å². The predicted octanol–water partition coefficient (Wildman–Crippen LogP) is 3.85. The van der Waals surface area contributed by atoms with Gasteiger partial charge in [0.25, 0.3) is 0 Å². The molecule has 1 aromatic rings. The molecule has 1 rings (SSSR count). The van der Waals surface area contributed by atoms with E-state index in [0.717, 1.165) is 6.42 Å². The molecule has 0 saturated carbocycles. The van der Waals surface area contributed by atoms with Crippen LogP contribution in [0.3, 0.4) is 0 Å². The number of methoxy groups -OCH3 is 1. The predicted molar refractivity (Wildman–Crippen MR) is 75.4 cm³/mol. The van der Waals surface area contributed by atoms with Gasteiger partial charge in [-0.25, -0.2) is 4.79 Å². The van der Waals surface area contributed by atoms with E-state index in [9.17, 15) is 4.79 Å². The Morgan fingerprint density at radius 2 is 1.89 bits per heavy atom. The lowest BCUT2D eigenvalue weighted by Crippen LogP contribution is -2.26. The van der Waals surface area contributed by atoms with E-state index in [1.165, 1.54) is 0 Å². The third kappa shape index (κ3) is 3.88. The molecule has 1 aromatic carbocycles. The minimum atomic E-state index is -0.962. The van der Waals surface area contributed by atoms with Gasteiger partial charge >= 0.3 is 5.97 Å². The second-order valence-electron chi connectivity index (χ2n) is 3.65.